The molecule has 1 heterocycles. The van der Waals surface area contributed by atoms with Crippen LogP contribution in [0.25, 0.3) is 21.0 Å². The summed E-state index contributed by atoms with van der Waals surface area (Å²) >= 11 is 2.80. The lowest BCUT2D eigenvalue weighted by Crippen LogP contribution is -2.09. The van der Waals surface area contributed by atoms with Crippen LogP contribution in [-0.4, -0.2) is 17.6 Å². The number of nitrogens with two attached hydrogens (primary N) is 1. The van der Waals surface area contributed by atoms with Gasteiger partial charge in [-0.25, -0.2) is 4.98 Å². The molecule has 5 nitrogen and oxygen atoms in total. The summed E-state index contributed by atoms with van der Waals surface area (Å²) in [4.78, 5) is 5.78. The van der Waals surface area contributed by atoms with Gasteiger partial charge in [0.05, 0.1) is 16.5 Å². The van der Waals surface area contributed by atoms with Gasteiger partial charge in [-0.15, -0.1) is 11.3 Å². The molecule has 0 fully saturated rings. The maximum Gasteiger partial charge on any atom is 0.137 e. The van der Waals surface area contributed by atoms with Crippen LogP contribution in [-0.2, 0) is 6.42 Å². The normalized spacial score (nSPS) is 10.9. The predicted molar refractivity (Wildman–Crippen MR) is 126 cm³/mol. The van der Waals surface area contributed by atoms with Gasteiger partial charge < -0.3 is 4.74 Å². The van der Waals surface area contributed by atoms with Gasteiger partial charge in [-0.3, -0.25) is 9.86 Å². The molecule has 3 N–H and O–H groups in total. The van der Waals surface area contributed by atoms with Gasteiger partial charge in [-0.05, 0) is 68.5 Å². The second kappa shape index (κ2) is 10.6. The van der Waals surface area contributed by atoms with Crippen LogP contribution in [0.15, 0.2) is 42.6 Å². The summed E-state index contributed by atoms with van der Waals surface area (Å²) in [6.45, 7) is 6.92. The standard InChI is InChI=1S/C23H26N4OS2/c1-15(2)28-21-10-9-17(12-18(21)13-24)23-26-14-22(29-23)20-7-4-6-16(3)19(20)8-5-11-27-30-25/h4,6-7,9-10,12,14-15,27H,5,8,11,25H2,1-3H3. The van der Waals surface area contributed by atoms with Crippen molar-refractivity contribution in [1.82, 2.24) is 9.71 Å². The summed E-state index contributed by atoms with van der Waals surface area (Å²) in [5, 5.41) is 15.8. The zero-order chi connectivity index (χ0) is 21.5. The molecule has 0 aliphatic rings. The first-order valence-corrected chi connectivity index (χ1v) is 11.6. The van der Waals surface area contributed by atoms with E-state index in [9.17, 15) is 5.26 Å². The van der Waals surface area contributed by atoms with Crippen molar-refractivity contribution in [3.05, 3.63) is 59.3 Å². The first-order chi connectivity index (χ1) is 14.5. The van der Waals surface area contributed by atoms with Gasteiger partial charge >= 0.3 is 0 Å². The molecular formula is C23H26N4OS2. The highest BCUT2D eigenvalue weighted by molar-refractivity contribution is 7.95. The number of thiazole rings is 1. The number of aromatic nitrogens is 1. The number of benzene rings is 2. The molecule has 30 heavy (non-hydrogen) atoms. The first kappa shape index (κ1) is 22.3. The van der Waals surface area contributed by atoms with Gasteiger partial charge in [-0.1, -0.05) is 18.2 Å². The third kappa shape index (κ3) is 5.41. The molecule has 0 radical (unpaired) electrons. The fraction of sp³-hybridized carbons (Fsp3) is 0.304. The number of nitrogens with zero attached hydrogens (tertiary/aromatic N) is 2. The minimum Gasteiger partial charge on any atom is -0.490 e. The molecule has 0 saturated heterocycles. The lowest BCUT2D eigenvalue weighted by atomic mass is 9.97. The van der Waals surface area contributed by atoms with Crippen molar-refractivity contribution in [2.75, 3.05) is 6.54 Å². The Kier molecular flexibility index (Phi) is 7.88. The fourth-order valence-corrected chi connectivity index (χ4v) is 4.53. The van der Waals surface area contributed by atoms with Crippen LogP contribution >= 0.6 is 23.5 Å². The smallest absolute Gasteiger partial charge is 0.137 e. The van der Waals surface area contributed by atoms with Crippen molar-refractivity contribution in [1.29, 1.82) is 5.26 Å². The summed E-state index contributed by atoms with van der Waals surface area (Å²) in [5.74, 6) is 0.609. The molecule has 2 aromatic carbocycles. The average Bonchev–Trinajstić information content (AvgIpc) is 3.22. The fourth-order valence-electron chi connectivity index (χ4n) is 3.30. The molecule has 3 aromatic rings. The van der Waals surface area contributed by atoms with Gasteiger partial charge in [0.15, 0.2) is 0 Å². The summed E-state index contributed by atoms with van der Waals surface area (Å²) in [6, 6.07) is 14.3. The second-order valence-electron chi connectivity index (χ2n) is 7.24. The van der Waals surface area contributed by atoms with Gasteiger partial charge in [0, 0.05) is 30.4 Å². The summed E-state index contributed by atoms with van der Waals surface area (Å²) in [6.07, 6.45) is 3.93. The van der Waals surface area contributed by atoms with Crippen LogP contribution in [0.4, 0.5) is 0 Å². The molecule has 0 spiro atoms. The van der Waals surface area contributed by atoms with Crippen LogP contribution in [0.5, 0.6) is 5.75 Å². The Morgan fingerprint density at radius 3 is 2.87 bits per heavy atom. The Morgan fingerprint density at radius 1 is 1.30 bits per heavy atom. The quantitative estimate of drug-likeness (QED) is 0.339. The van der Waals surface area contributed by atoms with Gasteiger partial charge in [0.2, 0.25) is 0 Å². The van der Waals surface area contributed by atoms with E-state index in [1.807, 2.05) is 38.2 Å². The summed E-state index contributed by atoms with van der Waals surface area (Å²) < 4.78 is 8.83. The summed E-state index contributed by atoms with van der Waals surface area (Å²) in [7, 11) is 0. The largest absolute Gasteiger partial charge is 0.490 e. The molecule has 156 valence electrons. The van der Waals surface area contributed by atoms with Crippen molar-refractivity contribution < 1.29 is 4.74 Å². The van der Waals surface area contributed by atoms with Crippen molar-refractivity contribution in [3.63, 3.8) is 0 Å². The number of nitrogens with one attached hydrogen (secondary N) is 1. The van der Waals surface area contributed by atoms with E-state index in [0.717, 1.165) is 47.0 Å². The molecule has 0 aliphatic heterocycles. The van der Waals surface area contributed by atoms with Crippen molar-refractivity contribution in [2.24, 2.45) is 5.14 Å². The topological polar surface area (TPSA) is 84.0 Å². The van der Waals surface area contributed by atoms with E-state index in [4.69, 9.17) is 9.88 Å². The van der Waals surface area contributed by atoms with E-state index in [1.54, 1.807) is 11.3 Å². The molecule has 1 aromatic heterocycles. The predicted octanol–water partition coefficient (Wildman–Crippen LogP) is 5.49. The molecule has 3 rings (SSSR count). The van der Waals surface area contributed by atoms with Crippen molar-refractivity contribution in [2.45, 2.75) is 39.7 Å². The molecular weight excluding hydrogens is 412 g/mol. The molecule has 0 aliphatic carbocycles. The van der Waals surface area contributed by atoms with Crippen LogP contribution in [0.2, 0.25) is 0 Å². The van der Waals surface area contributed by atoms with Crippen LogP contribution < -0.4 is 14.6 Å². The molecule has 0 saturated carbocycles. The van der Waals surface area contributed by atoms with E-state index < -0.39 is 0 Å². The van der Waals surface area contributed by atoms with Gasteiger partial charge in [-0.2, -0.15) is 5.26 Å². The first-order valence-electron chi connectivity index (χ1n) is 9.88. The number of rotatable bonds is 9. The van der Waals surface area contributed by atoms with Crippen LogP contribution in [0, 0.1) is 18.3 Å². The number of ether oxygens (including phenoxy) is 1. The second-order valence-corrected chi connectivity index (χ2v) is 8.79. The minimum absolute atomic E-state index is 0.0211. The minimum atomic E-state index is 0.0211. The van der Waals surface area contributed by atoms with E-state index >= 15 is 0 Å². The Balaban J connectivity index is 1.88. The van der Waals surface area contributed by atoms with Crippen LogP contribution in [0.3, 0.4) is 0 Å². The zero-order valence-electron chi connectivity index (χ0n) is 17.4. The third-order valence-corrected chi connectivity index (χ3v) is 6.13. The Labute approximate surface area is 186 Å². The maximum absolute atomic E-state index is 9.51. The Bertz CT molecular complexity index is 1040. The number of aryl methyl sites for hydroxylation is 1. The molecule has 0 unspecified atom stereocenters. The third-order valence-electron chi connectivity index (χ3n) is 4.68. The van der Waals surface area contributed by atoms with E-state index in [2.05, 4.69) is 40.9 Å². The highest BCUT2D eigenvalue weighted by Crippen LogP contribution is 2.36. The summed E-state index contributed by atoms with van der Waals surface area (Å²) in [5.41, 5.74) is 5.30. The van der Waals surface area contributed by atoms with Gasteiger partial charge in [0.25, 0.3) is 0 Å². The number of hydrogen-bond donors (Lipinski definition) is 2. The van der Waals surface area contributed by atoms with Crippen molar-refractivity contribution in [3.8, 4) is 32.8 Å². The van der Waals surface area contributed by atoms with Gasteiger partial charge in [0.1, 0.15) is 16.8 Å². The molecule has 0 amide bonds. The van der Waals surface area contributed by atoms with Crippen molar-refractivity contribution >= 4 is 23.5 Å². The monoisotopic (exact) mass is 438 g/mol. The molecule has 7 heteroatoms. The maximum atomic E-state index is 9.51. The van der Waals surface area contributed by atoms with E-state index in [0.29, 0.717) is 11.3 Å². The van der Waals surface area contributed by atoms with Crippen LogP contribution in [0.1, 0.15) is 37.0 Å². The zero-order valence-corrected chi connectivity index (χ0v) is 19.1. The number of hydrogen-bond acceptors (Lipinski definition) is 7. The highest BCUT2D eigenvalue weighted by atomic mass is 32.2. The lowest BCUT2D eigenvalue weighted by Gasteiger charge is -2.12. The highest BCUT2D eigenvalue weighted by Gasteiger charge is 2.14. The molecule has 0 atom stereocenters. The Morgan fingerprint density at radius 2 is 2.13 bits per heavy atom. The lowest BCUT2D eigenvalue weighted by molar-refractivity contribution is 0.242. The number of nitriles is 1. The van der Waals surface area contributed by atoms with E-state index in [-0.39, 0.29) is 6.10 Å². The molecule has 0 bridgehead atoms. The SMILES string of the molecule is Cc1cccc(-c2cnc(-c3ccc(OC(C)C)c(C#N)c3)s2)c1CCCNSN. The Hall–Kier alpha value is -2.37. The van der Waals surface area contributed by atoms with E-state index in [1.165, 1.54) is 16.7 Å². The average molecular weight is 439 g/mol.